The van der Waals surface area contributed by atoms with Crippen LogP contribution in [0.5, 0.6) is 5.75 Å². The van der Waals surface area contributed by atoms with Crippen LogP contribution in [-0.4, -0.2) is 50.8 Å². The van der Waals surface area contributed by atoms with E-state index in [0.717, 1.165) is 18.4 Å². The van der Waals surface area contributed by atoms with Crippen molar-refractivity contribution in [3.63, 3.8) is 0 Å². The summed E-state index contributed by atoms with van der Waals surface area (Å²) in [6, 6.07) is 17.2. The Hall–Kier alpha value is -3.81. The molecule has 0 aromatic heterocycles. The lowest BCUT2D eigenvalue weighted by atomic mass is 9.68. The number of methoxy groups -OCH3 is 1. The van der Waals surface area contributed by atoms with Gasteiger partial charge in [-0.15, -0.1) is 6.58 Å². The van der Waals surface area contributed by atoms with E-state index in [1.54, 1.807) is 31.4 Å². The Morgan fingerprint density at radius 1 is 1.00 bits per heavy atom. The van der Waals surface area contributed by atoms with E-state index in [4.69, 9.17) is 9.47 Å². The second-order valence-corrected chi connectivity index (χ2v) is 8.58. The van der Waals surface area contributed by atoms with Crippen molar-refractivity contribution in [1.29, 1.82) is 0 Å². The van der Waals surface area contributed by atoms with Crippen LogP contribution < -0.4 is 20.7 Å². The zero-order valence-electron chi connectivity index (χ0n) is 20.0. The number of benzene rings is 2. The summed E-state index contributed by atoms with van der Waals surface area (Å²) < 4.78 is 10.9. The average Bonchev–Trinajstić information content (AvgIpc) is 2.90. The molecule has 2 aromatic carbocycles. The number of rotatable bonds is 10. The van der Waals surface area contributed by atoms with E-state index in [-0.39, 0.29) is 29.9 Å². The molecule has 1 aliphatic carbocycles. The van der Waals surface area contributed by atoms with Crippen LogP contribution in [0.4, 0.5) is 4.79 Å². The molecule has 0 spiro atoms. The Bertz CT molecular complexity index is 1020. The van der Waals surface area contributed by atoms with Gasteiger partial charge < -0.3 is 25.4 Å². The lowest BCUT2D eigenvalue weighted by Gasteiger charge is -2.40. The number of carbonyl (C=O) groups is 3. The monoisotopic (exact) mass is 479 g/mol. The molecular weight excluding hydrogens is 446 g/mol. The third kappa shape index (κ3) is 7.09. The van der Waals surface area contributed by atoms with E-state index in [1.807, 2.05) is 24.3 Å². The van der Waals surface area contributed by atoms with Crippen LogP contribution in [0.3, 0.4) is 0 Å². The van der Waals surface area contributed by atoms with Crippen LogP contribution in [0, 0.1) is 0 Å². The summed E-state index contributed by atoms with van der Waals surface area (Å²) in [7, 11) is 1.54. The molecular formula is C27H33N3O5. The van der Waals surface area contributed by atoms with E-state index in [2.05, 4.69) is 34.7 Å². The fourth-order valence-corrected chi connectivity index (χ4v) is 4.39. The topological polar surface area (TPSA) is 106 Å². The molecule has 0 aliphatic heterocycles. The van der Waals surface area contributed by atoms with Gasteiger partial charge in [-0.05, 0) is 43.4 Å². The molecule has 186 valence electrons. The van der Waals surface area contributed by atoms with Gasteiger partial charge in [0.05, 0.1) is 12.7 Å². The number of hydrogen-bond acceptors (Lipinski definition) is 5. The number of nitrogens with one attached hydrogen (secondary N) is 3. The molecule has 2 aromatic rings. The van der Waals surface area contributed by atoms with E-state index in [0.29, 0.717) is 37.2 Å². The Kier molecular flexibility index (Phi) is 9.29. The van der Waals surface area contributed by atoms with E-state index < -0.39 is 6.09 Å². The minimum absolute atomic E-state index is 0.150. The van der Waals surface area contributed by atoms with Crippen LogP contribution in [0.2, 0.25) is 0 Å². The number of amides is 3. The molecule has 3 amide bonds. The van der Waals surface area contributed by atoms with E-state index in [1.165, 1.54) is 0 Å². The predicted molar refractivity (Wildman–Crippen MR) is 133 cm³/mol. The number of alkyl carbamates (subject to hydrolysis) is 1. The molecule has 1 saturated carbocycles. The van der Waals surface area contributed by atoms with Gasteiger partial charge in [0.2, 0.25) is 5.91 Å². The number of hydrogen-bond donors (Lipinski definition) is 3. The van der Waals surface area contributed by atoms with Crippen LogP contribution in [0.1, 0.15) is 41.6 Å². The zero-order chi connectivity index (χ0) is 25.1. The third-order valence-corrected chi connectivity index (χ3v) is 6.33. The van der Waals surface area contributed by atoms with Crippen molar-refractivity contribution >= 4 is 17.9 Å². The lowest BCUT2D eigenvalue weighted by molar-refractivity contribution is -0.120. The molecule has 0 radical (unpaired) electrons. The number of carbonyl (C=O) groups excluding carboxylic acids is 3. The van der Waals surface area contributed by atoms with Crippen molar-refractivity contribution in [1.82, 2.24) is 16.0 Å². The minimum Gasteiger partial charge on any atom is -0.496 e. The van der Waals surface area contributed by atoms with Crippen molar-refractivity contribution in [3.05, 3.63) is 78.4 Å². The van der Waals surface area contributed by atoms with Crippen molar-refractivity contribution in [3.8, 4) is 5.75 Å². The highest BCUT2D eigenvalue weighted by molar-refractivity contribution is 5.97. The summed E-state index contributed by atoms with van der Waals surface area (Å²) in [5.41, 5.74) is 1.35. The maximum absolute atomic E-state index is 12.9. The molecule has 0 atom stereocenters. The maximum Gasteiger partial charge on any atom is 0.407 e. The molecule has 8 nitrogen and oxygen atoms in total. The summed E-state index contributed by atoms with van der Waals surface area (Å²) >= 11 is 0. The Morgan fingerprint density at radius 3 is 2.37 bits per heavy atom. The molecule has 0 unspecified atom stereocenters. The lowest BCUT2D eigenvalue weighted by Crippen LogP contribution is -2.45. The first kappa shape index (κ1) is 25.8. The normalized spacial score (nSPS) is 19.2. The highest BCUT2D eigenvalue weighted by atomic mass is 16.6. The first-order chi connectivity index (χ1) is 17.0. The van der Waals surface area contributed by atoms with Gasteiger partial charge >= 0.3 is 6.09 Å². The minimum atomic E-state index is -0.611. The Morgan fingerprint density at radius 2 is 1.69 bits per heavy atom. The van der Waals surface area contributed by atoms with Crippen LogP contribution in [0.15, 0.2) is 67.3 Å². The third-order valence-electron chi connectivity index (χ3n) is 6.33. The van der Waals surface area contributed by atoms with Gasteiger partial charge in [-0.1, -0.05) is 48.5 Å². The molecule has 8 heteroatoms. The summed E-state index contributed by atoms with van der Waals surface area (Å²) in [5.74, 6) is 0.0321. The van der Waals surface area contributed by atoms with Gasteiger partial charge in [0.1, 0.15) is 18.4 Å². The summed E-state index contributed by atoms with van der Waals surface area (Å²) in [6.07, 6.45) is 3.47. The smallest absolute Gasteiger partial charge is 0.407 e. The fraction of sp³-hybridized carbons (Fsp3) is 0.370. The second kappa shape index (κ2) is 12.6. The molecule has 3 rings (SSSR count). The number of ether oxygens (including phenoxy) is 2. The Balaban J connectivity index is 1.60. The largest absolute Gasteiger partial charge is 0.496 e. The van der Waals surface area contributed by atoms with Crippen LogP contribution in [-0.2, 0) is 14.9 Å². The summed E-state index contributed by atoms with van der Waals surface area (Å²) in [6.45, 7) is 4.17. The Labute approximate surface area is 206 Å². The van der Waals surface area contributed by atoms with Crippen LogP contribution in [0.25, 0.3) is 0 Å². The fourth-order valence-electron chi connectivity index (χ4n) is 4.39. The summed E-state index contributed by atoms with van der Waals surface area (Å²) in [5, 5.41) is 8.17. The van der Waals surface area contributed by atoms with E-state index >= 15 is 0 Å². The molecule has 3 N–H and O–H groups in total. The second-order valence-electron chi connectivity index (χ2n) is 8.58. The van der Waals surface area contributed by atoms with Gasteiger partial charge in [-0.2, -0.15) is 0 Å². The van der Waals surface area contributed by atoms with Gasteiger partial charge in [-0.3, -0.25) is 9.59 Å². The van der Waals surface area contributed by atoms with Gasteiger partial charge in [0.25, 0.3) is 5.91 Å². The first-order valence-electron chi connectivity index (χ1n) is 11.8. The van der Waals surface area contributed by atoms with Gasteiger partial charge in [0.15, 0.2) is 0 Å². The van der Waals surface area contributed by atoms with E-state index in [9.17, 15) is 14.4 Å². The van der Waals surface area contributed by atoms with Crippen molar-refractivity contribution in [2.24, 2.45) is 0 Å². The highest BCUT2D eigenvalue weighted by Gasteiger charge is 2.38. The van der Waals surface area contributed by atoms with Crippen molar-refractivity contribution < 1.29 is 23.9 Å². The van der Waals surface area contributed by atoms with Gasteiger partial charge in [0, 0.05) is 18.5 Å². The first-order valence-corrected chi connectivity index (χ1v) is 11.8. The van der Waals surface area contributed by atoms with Crippen molar-refractivity contribution in [2.45, 2.75) is 37.2 Å². The average molecular weight is 480 g/mol. The molecule has 1 fully saturated rings. The van der Waals surface area contributed by atoms with Crippen molar-refractivity contribution in [2.75, 3.05) is 26.7 Å². The molecule has 35 heavy (non-hydrogen) atoms. The SMILES string of the molecule is C=CCNC(=O)CNC(=O)OC1CCC(CNC(=O)c2ccccc2OC)(c2ccccc2)CC1. The van der Waals surface area contributed by atoms with Crippen LogP contribution >= 0.6 is 0 Å². The molecule has 1 aliphatic rings. The summed E-state index contributed by atoms with van der Waals surface area (Å²) in [4.78, 5) is 36.7. The maximum atomic E-state index is 12.9. The molecule has 0 bridgehead atoms. The predicted octanol–water partition coefficient (Wildman–Crippen LogP) is 3.33. The number of para-hydroxylation sites is 1. The molecule has 0 heterocycles. The highest BCUT2D eigenvalue weighted by Crippen LogP contribution is 2.40. The quantitative estimate of drug-likeness (QED) is 0.453. The molecule has 0 saturated heterocycles. The zero-order valence-corrected chi connectivity index (χ0v) is 20.0. The standard InChI is InChI=1S/C27H33N3O5/c1-3-17-28-24(31)18-29-26(33)35-21-13-15-27(16-14-21,20-9-5-4-6-10-20)19-30-25(32)22-11-7-8-12-23(22)34-2/h3-12,21H,1,13-19H2,2H3,(H,28,31)(H,29,33)(H,30,32). The van der Waals surface area contributed by atoms with Gasteiger partial charge in [-0.25, -0.2) is 4.79 Å².